The van der Waals surface area contributed by atoms with E-state index < -0.39 is 0 Å². The molecule has 7 nitrogen and oxygen atoms in total. The fourth-order valence-corrected chi connectivity index (χ4v) is 2.65. The molecule has 0 radical (unpaired) electrons. The number of hydrogen-bond acceptors (Lipinski definition) is 3. The zero-order chi connectivity index (χ0) is 22.6. The lowest BCUT2D eigenvalue weighted by atomic mass is 10.1. The fraction of sp³-hybridized carbons (Fsp3) is 0.417. The Kier molecular flexibility index (Phi) is 9.68. The third-order valence-corrected chi connectivity index (χ3v) is 4.47. The summed E-state index contributed by atoms with van der Waals surface area (Å²) in [6.45, 7) is 9.77. The summed E-state index contributed by atoms with van der Waals surface area (Å²) >= 11 is 0. The minimum atomic E-state index is -0.217. The van der Waals surface area contributed by atoms with Gasteiger partial charge in [-0.1, -0.05) is 27.7 Å². The van der Waals surface area contributed by atoms with Crippen LogP contribution in [-0.4, -0.2) is 25.2 Å². The van der Waals surface area contributed by atoms with Gasteiger partial charge in [0.1, 0.15) is 11.5 Å². The van der Waals surface area contributed by atoms with Gasteiger partial charge in [-0.3, -0.25) is 0 Å². The quantitative estimate of drug-likeness (QED) is 0.386. The number of benzene rings is 2. The topological polar surface area (TPSA) is 91.5 Å². The van der Waals surface area contributed by atoms with E-state index in [-0.39, 0.29) is 12.1 Å². The molecule has 2 aromatic carbocycles. The van der Waals surface area contributed by atoms with Crippen LogP contribution >= 0.6 is 0 Å². The number of nitrogens with one attached hydrogen (secondary N) is 4. The van der Waals surface area contributed by atoms with Gasteiger partial charge >= 0.3 is 12.1 Å². The van der Waals surface area contributed by atoms with Crippen LogP contribution in [0.15, 0.2) is 48.5 Å². The predicted octanol–water partition coefficient (Wildman–Crippen LogP) is 5.81. The van der Waals surface area contributed by atoms with E-state index in [0.29, 0.717) is 47.8 Å². The van der Waals surface area contributed by atoms with Crippen LogP contribution in [-0.2, 0) is 0 Å². The second-order valence-corrected chi connectivity index (χ2v) is 8.28. The summed E-state index contributed by atoms with van der Waals surface area (Å²) in [6.07, 6.45) is 1.88. The van der Waals surface area contributed by atoms with Crippen molar-refractivity contribution in [2.24, 2.45) is 11.8 Å². The first kappa shape index (κ1) is 24.1. The molecule has 0 aliphatic carbocycles. The zero-order valence-corrected chi connectivity index (χ0v) is 18.8. The van der Waals surface area contributed by atoms with E-state index in [9.17, 15) is 9.59 Å². The van der Waals surface area contributed by atoms with Crippen LogP contribution in [0.4, 0.5) is 21.0 Å². The van der Waals surface area contributed by atoms with Crippen molar-refractivity contribution < 1.29 is 14.3 Å². The van der Waals surface area contributed by atoms with Gasteiger partial charge < -0.3 is 26.0 Å². The Labute approximate surface area is 185 Å². The SMILES string of the molecule is CC(C)CCNC(=O)Nc1ccc(Oc2ccc(NC(=O)NCCC(C)C)cc2)cc1. The maximum absolute atomic E-state index is 11.9. The number of ether oxygens (including phenoxy) is 1. The molecule has 4 amide bonds. The summed E-state index contributed by atoms with van der Waals surface area (Å²) in [7, 11) is 0. The molecule has 0 aliphatic heterocycles. The highest BCUT2D eigenvalue weighted by atomic mass is 16.5. The molecule has 4 N–H and O–H groups in total. The third-order valence-electron chi connectivity index (χ3n) is 4.47. The van der Waals surface area contributed by atoms with Crippen molar-refractivity contribution in [2.75, 3.05) is 23.7 Å². The van der Waals surface area contributed by atoms with Crippen LogP contribution in [0.1, 0.15) is 40.5 Å². The van der Waals surface area contributed by atoms with E-state index >= 15 is 0 Å². The molecule has 31 heavy (non-hydrogen) atoms. The van der Waals surface area contributed by atoms with Gasteiger partial charge in [0.05, 0.1) is 0 Å². The summed E-state index contributed by atoms with van der Waals surface area (Å²) in [5.41, 5.74) is 1.38. The largest absolute Gasteiger partial charge is 0.457 e. The fourth-order valence-electron chi connectivity index (χ4n) is 2.65. The van der Waals surface area contributed by atoms with E-state index in [2.05, 4.69) is 49.0 Å². The molecule has 0 unspecified atom stereocenters. The zero-order valence-electron chi connectivity index (χ0n) is 18.8. The molecule has 0 saturated heterocycles. The second-order valence-electron chi connectivity index (χ2n) is 8.28. The Morgan fingerprint density at radius 1 is 0.677 bits per heavy atom. The lowest BCUT2D eigenvalue weighted by Crippen LogP contribution is -2.30. The molecule has 0 atom stereocenters. The van der Waals surface area contributed by atoms with Crippen molar-refractivity contribution >= 4 is 23.4 Å². The van der Waals surface area contributed by atoms with Gasteiger partial charge in [-0.15, -0.1) is 0 Å². The molecule has 0 bridgehead atoms. The molecule has 0 aromatic heterocycles. The van der Waals surface area contributed by atoms with E-state index in [1.54, 1.807) is 48.5 Å². The van der Waals surface area contributed by atoms with Crippen molar-refractivity contribution in [3.63, 3.8) is 0 Å². The molecule has 0 heterocycles. The number of hydrogen-bond donors (Lipinski definition) is 4. The average Bonchev–Trinajstić information content (AvgIpc) is 2.70. The van der Waals surface area contributed by atoms with Gasteiger partial charge in [-0.05, 0) is 73.2 Å². The molecule has 0 spiro atoms. The third kappa shape index (κ3) is 9.89. The molecular formula is C24H34N4O3. The van der Waals surface area contributed by atoms with Crippen molar-refractivity contribution in [1.29, 1.82) is 0 Å². The van der Waals surface area contributed by atoms with Crippen LogP contribution in [0, 0.1) is 11.8 Å². The van der Waals surface area contributed by atoms with Gasteiger partial charge in [0.25, 0.3) is 0 Å². The van der Waals surface area contributed by atoms with Crippen molar-refractivity contribution in [3.05, 3.63) is 48.5 Å². The lowest BCUT2D eigenvalue weighted by molar-refractivity contribution is 0.250. The minimum Gasteiger partial charge on any atom is -0.457 e. The van der Waals surface area contributed by atoms with Crippen LogP contribution in [0.25, 0.3) is 0 Å². The monoisotopic (exact) mass is 426 g/mol. The number of urea groups is 2. The highest BCUT2D eigenvalue weighted by Gasteiger charge is 2.05. The molecule has 7 heteroatoms. The van der Waals surface area contributed by atoms with Crippen LogP contribution in [0.2, 0.25) is 0 Å². The van der Waals surface area contributed by atoms with Crippen molar-refractivity contribution in [1.82, 2.24) is 10.6 Å². The number of anilines is 2. The number of carbonyl (C=O) groups excluding carboxylic acids is 2. The summed E-state index contributed by atoms with van der Waals surface area (Å²) in [6, 6.07) is 13.9. The predicted molar refractivity (Wildman–Crippen MR) is 126 cm³/mol. The molecule has 0 aliphatic rings. The van der Waals surface area contributed by atoms with E-state index in [0.717, 1.165) is 12.8 Å². The second kappa shape index (κ2) is 12.5. The van der Waals surface area contributed by atoms with E-state index in [4.69, 9.17) is 4.74 Å². The average molecular weight is 427 g/mol. The first-order valence-electron chi connectivity index (χ1n) is 10.8. The van der Waals surface area contributed by atoms with E-state index in [1.807, 2.05) is 0 Å². The van der Waals surface area contributed by atoms with Gasteiger partial charge in [-0.2, -0.15) is 0 Å². The van der Waals surface area contributed by atoms with Crippen LogP contribution in [0.3, 0.4) is 0 Å². The maximum Gasteiger partial charge on any atom is 0.319 e. The normalized spacial score (nSPS) is 10.6. The van der Waals surface area contributed by atoms with Gasteiger partial charge in [0.2, 0.25) is 0 Å². The Hall–Kier alpha value is -3.22. The summed E-state index contributed by atoms with van der Waals surface area (Å²) < 4.78 is 5.82. The molecule has 2 rings (SSSR count). The van der Waals surface area contributed by atoms with Gasteiger partial charge in [0.15, 0.2) is 0 Å². The summed E-state index contributed by atoms with van der Waals surface area (Å²) in [5.74, 6) is 2.40. The molecule has 0 fully saturated rings. The highest BCUT2D eigenvalue weighted by molar-refractivity contribution is 5.89. The first-order valence-corrected chi connectivity index (χ1v) is 10.8. The van der Waals surface area contributed by atoms with Crippen LogP contribution < -0.4 is 26.0 Å². The van der Waals surface area contributed by atoms with Crippen molar-refractivity contribution in [3.8, 4) is 11.5 Å². The number of carbonyl (C=O) groups is 2. The van der Waals surface area contributed by atoms with Crippen LogP contribution in [0.5, 0.6) is 11.5 Å². The first-order chi connectivity index (χ1) is 14.8. The standard InChI is InChI=1S/C24H34N4O3/c1-17(2)13-15-25-23(29)27-19-5-9-21(10-6-19)31-22-11-7-20(8-12-22)28-24(30)26-16-14-18(3)4/h5-12,17-18H,13-16H2,1-4H3,(H2,25,27,29)(H2,26,28,30). The van der Waals surface area contributed by atoms with Gasteiger partial charge in [0, 0.05) is 24.5 Å². The molecule has 2 aromatic rings. The Balaban J connectivity index is 1.78. The molecule has 168 valence electrons. The minimum absolute atomic E-state index is 0.217. The maximum atomic E-state index is 11.9. The molecular weight excluding hydrogens is 392 g/mol. The Bertz CT molecular complexity index is 748. The lowest BCUT2D eigenvalue weighted by Gasteiger charge is -2.11. The van der Waals surface area contributed by atoms with E-state index in [1.165, 1.54) is 0 Å². The number of amides is 4. The van der Waals surface area contributed by atoms with Gasteiger partial charge in [-0.25, -0.2) is 9.59 Å². The summed E-state index contributed by atoms with van der Waals surface area (Å²) in [4.78, 5) is 23.8. The summed E-state index contributed by atoms with van der Waals surface area (Å²) in [5, 5.41) is 11.3. The Morgan fingerprint density at radius 2 is 1.03 bits per heavy atom. The number of rotatable bonds is 10. The smallest absolute Gasteiger partial charge is 0.319 e. The molecule has 0 saturated carbocycles. The Morgan fingerprint density at radius 3 is 1.35 bits per heavy atom. The highest BCUT2D eigenvalue weighted by Crippen LogP contribution is 2.24. The van der Waals surface area contributed by atoms with Crippen molar-refractivity contribution in [2.45, 2.75) is 40.5 Å².